The van der Waals surface area contributed by atoms with Crippen LogP contribution in [0, 0.1) is 0 Å². The molecule has 1 aliphatic rings. The molecule has 22 heavy (non-hydrogen) atoms. The lowest BCUT2D eigenvalue weighted by molar-refractivity contribution is -0.132. The van der Waals surface area contributed by atoms with Crippen molar-refractivity contribution in [2.75, 3.05) is 39.0 Å². The third kappa shape index (κ3) is 4.99. The van der Waals surface area contributed by atoms with E-state index < -0.39 is 9.84 Å². The SMILES string of the molecule is CS(=O)(=O)c1ccc(OCCCC(=O)N2CCNCC2)cc1. The Hall–Kier alpha value is -1.60. The van der Waals surface area contributed by atoms with Crippen LogP contribution < -0.4 is 10.1 Å². The molecule has 0 atom stereocenters. The number of nitrogens with one attached hydrogen (secondary N) is 1. The summed E-state index contributed by atoms with van der Waals surface area (Å²) in [5.41, 5.74) is 0. The molecule has 1 aliphatic heterocycles. The molecule has 0 aliphatic carbocycles. The predicted molar refractivity (Wildman–Crippen MR) is 83.7 cm³/mol. The van der Waals surface area contributed by atoms with E-state index >= 15 is 0 Å². The first-order chi connectivity index (χ1) is 10.5. The molecular formula is C15H22N2O4S. The van der Waals surface area contributed by atoms with E-state index in [9.17, 15) is 13.2 Å². The van der Waals surface area contributed by atoms with Gasteiger partial charge in [0.05, 0.1) is 11.5 Å². The Morgan fingerprint density at radius 2 is 1.86 bits per heavy atom. The minimum Gasteiger partial charge on any atom is -0.494 e. The van der Waals surface area contributed by atoms with E-state index in [1.165, 1.54) is 18.4 Å². The molecule has 122 valence electrons. The first-order valence-corrected chi connectivity index (χ1v) is 9.27. The van der Waals surface area contributed by atoms with Gasteiger partial charge in [0.25, 0.3) is 0 Å². The molecule has 1 fully saturated rings. The number of benzene rings is 1. The number of piperazine rings is 1. The summed E-state index contributed by atoms with van der Waals surface area (Å²) in [5, 5.41) is 3.21. The van der Waals surface area contributed by atoms with Gasteiger partial charge in [-0.15, -0.1) is 0 Å². The molecular weight excluding hydrogens is 304 g/mol. The number of hydrogen-bond acceptors (Lipinski definition) is 5. The van der Waals surface area contributed by atoms with Crippen molar-refractivity contribution in [2.45, 2.75) is 17.7 Å². The van der Waals surface area contributed by atoms with Crippen LogP contribution in [-0.2, 0) is 14.6 Å². The van der Waals surface area contributed by atoms with Gasteiger partial charge in [0.1, 0.15) is 5.75 Å². The van der Waals surface area contributed by atoms with E-state index in [2.05, 4.69) is 5.32 Å². The van der Waals surface area contributed by atoms with Crippen LogP contribution in [0.1, 0.15) is 12.8 Å². The first-order valence-electron chi connectivity index (χ1n) is 7.38. The summed E-state index contributed by atoms with van der Waals surface area (Å²) >= 11 is 0. The molecule has 0 saturated carbocycles. The Kier molecular flexibility index (Phi) is 5.79. The van der Waals surface area contributed by atoms with Gasteiger partial charge in [-0.1, -0.05) is 0 Å². The highest BCUT2D eigenvalue weighted by atomic mass is 32.2. The Bertz CT molecular complexity index is 592. The maximum atomic E-state index is 11.9. The minimum atomic E-state index is -3.18. The maximum absolute atomic E-state index is 11.9. The van der Waals surface area contributed by atoms with Gasteiger partial charge in [0.2, 0.25) is 5.91 Å². The molecule has 0 spiro atoms. The molecule has 1 aromatic carbocycles. The van der Waals surface area contributed by atoms with Gasteiger partial charge in [-0.2, -0.15) is 0 Å². The van der Waals surface area contributed by atoms with Gasteiger partial charge >= 0.3 is 0 Å². The normalized spacial score (nSPS) is 15.6. The van der Waals surface area contributed by atoms with Crippen LogP contribution in [0.5, 0.6) is 5.75 Å². The van der Waals surface area contributed by atoms with Crippen LogP contribution in [0.4, 0.5) is 0 Å². The van der Waals surface area contributed by atoms with Crippen molar-refractivity contribution >= 4 is 15.7 Å². The second-order valence-corrected chi connectivity index (χ2v) is 7.34. The lowest BCUT2D eigenvalue weighted by Crippen LogP contribution is -2.46. The fraction of sp³-hybridized carbons (Fsp3) is 0.533. The van der Waals surface area contributed by atoms with Crippen LogP contribution in [0.2, 0.25) is 0 Å². The number of amides is 1. The van der Waals surface area contributed by atoms with E-state index in [0.717, 1.165) is 26.2 Å². The average molecular weight is 326 g/mol. The molecule has 1 amide bonds. The first kappa shape index (κ1) is 16.8. The Morgan fingerprint density at radius 3 is 2.45 bits per heavy atom. The summed E-state index contributed by atoms with van der Waals surface area (Å²) in [7, 11) is -3.18. The predicted octanol–water partition coefficient (Wildman–Crippen LogP) is 0.681. The molecule has 0 radical (unpaired) electrons. The highest BCUT2D eigenvalue weighted by molar-refractivity contribution is 7.90. The fourth-order valence-corrected chi connectivity index (χ4v) is 2.90. The molecule has 0 bridgehead atoms. The smallest absolute Gasteiger partial charge is 0.222 e. The summed E-state index contributed by atoms with van der Waals surface area (Å²) in [6, 6.07) is 6.32. The van der Waals surface area contributed by atoms with Gasteiger partial charge in [-0.25, -0.2) is 8.42 Å². The molecule has 1 saturated heterocycles. The van der Waals surface area contributed by atoms with Crippen molar-refractivity contribution in [1.82, 2.24) is 10.2 Å². The van der Waals surface area contributed by atoms with Gasteiger partial charge in [0, 0.05) is 38.9 Å². The van der Waals surface area contributed by atoms with Crippen molar-refractivity contribution in [1.29, 1.82) is 0 Å². The molecule has 2 rings (SSSR count). The number of sulfone groups is 1. The zero-order valence-corrected chi connectivity index (χ0v) is 13.6. The van der Waals surface area contributed by atoms with E-state index in [1.807, 2.05) is 4.90 Å². The lowest BCUT2D eigenvalue weighted by Gasteiger charge is -2.27. The van der Waals surface area contributed by atoms with Crippen molar-refractivity contribution in [3.05, 3.63) is 24.3 Å². The van der Waals surface area contributed by atoms with Gasteiger partial charge < -0.3 is 15.0 Å². The number of rotatable bonds is 6. The van der Waals surface area contributed by atoms with Crippen LogP contribution in [-0.4, -0.2) is 58.3 Å². The maximum Gasteiger partial charge on any atom is 0.222 e. The van der Waals surface area contributed by atoms with E-state index in [1.54, 1.807) is 12.1 Å². The highest BCUT2D eigenvalue weighted by Crippen LogP contribution is 2.16. The molecule has 0 unspecified atom stereocenters. The fourth-order valence-electron chi connectivity index (χ4n) is 2.27. The highest BCUT2D eigenvalue weighted by Gasteiger charge is 2.15. The number of nitrogens with zero attached hydrogens (tertiary/aromatic N) is 1. The number of hydrogen-bond donors (Lipinski definition) is 1. The van der Waals surface area contributed by atoms with Crippen molar-refractivity contribution < 1.29 is 17.9 Å². The average Bonchev–Trinajstić information content (AvgIpc) is 2.52. The molecule has 0 aromatic heterocycles. The van der Waals surface area contributed by atoms with Gasteiger partial charge in [-0.05, 0) is 30.7 Å². The number of carbonyl (C=O) groups is 1. The molecule has 1 N–H and O–H groups in total. The molecule has 7 heteroatoms. The lowest BCUT2D eigenvalue weighted by atomic mass is 10.2. The second kappa shape index (κ2) is 7.60. The van der Waals surface area contributed by atoms with E-state index in [-0.39, 0.29) is 10.8 Å². The summed E-state index contributed by atoms with van der Waals surface area (Å²) in [6.07, 6.45) is 2.29. The zero-order chi connectivity index (χ0) is 16.0. The van der Waals surface area contributed by atoms with E-state index in [0.29, 0.717) is 25.2 Å². The minimum absolute atomic E-state index is 0.164. The monoisotopic (exact) mass is 326 g/mol. The topological polar surface area (TPSA) is 75.7 Å². The van der Waals surface area contributed by atoms with Crippen LogP contribution >= 0.6 is 0 Å². The largest absolute Gasteiger partial charge is 0.494 e. The number of carbonyl (C=O) groups excluding carboxylic acids is 1. The molecule has 6 nitrogen and oxygen atoms in total. The third-order valence-corrected chi connectivity index (χ3v) is 4.65. The summed E-state index contributed by atoms with van der Waals surface area (Å²) in [5.74, 6) is 0.777. The van der Waals surface area contributed by atoms with Crippen molar-refractivity contribution in [3.8, 4) is 5.75 Å². The Balaban J connectivity index is 1.71. The Morgan fingerprint density at radius 1 is 1.23 bits per heavy atom. The standard InChI is InChI=1S/C15H22N2O4S/c1-22(19,20)14-6-4-13(5-7-14)21-12-2-3-15(18)17-10-8-16-9-11-17/h4-7,16H,2-3,8-12H2,1H3. The summed E-state index contributed by atoms with van der Waals surface area (Å²) < 4.78 is 28.2. The zero-order valence-electron chi connectivity index (χ0n) is 12.7. The van der Waals surface area contributed by atoms with Crippen LogP contribution in [0.15, 0.2) is 29.2 Å². The van der Waals surface area contributed by atoms with Gasteiger partial charge in [-0.3, -0.25) is 4.79 Å². The van der Waals surface area contributed by atoms with Crippen LogP contribution in [0.3, 0.4) is 0 Å². The molecule has 1 heterocycles. The summed E-state index contributed by atoms with van der Waals surface area (Å²) in [4.78, 5) is 14.1. The quantitative estimate of drug-likeness (QED) is 0.778. The Labute approximate surface area is 131 Å². The summed E-state index contributed by atoms with van der Waals surface area (Å²) in [6.45, 7) is 3.69. The van der Waals surface area contributed by atoms with Crippen molar-refractivity contribution in [2.24, 2.45) is 0 Å². The van der Waals surface area contributed by atoms with Gasteiger partial charge in [0.15, 0.2) is 9.84 Å². The number of ether oxygens (including phenoxy) is 1. The molecule has 1 aromatic rings. The third-order valence-electron chi connectivity index (χ3n) is 3.53. The van der Waals surface area contributed by atoms with Crippen molar-refractivity contribution in [3.63, 3.8) is 0 Å². The van der Waals surface area contributed by atoms with E-state index in [4.69, 9.17) is 4.74 Å². The second-order valence-electron chi connectivity index (χ2n) is 5.33. The van der Waals surface area contributed by atoms with Crippen LogP contribution in [0.25, 0.3) is 0 Å².